The molecular weight excluding hydrogens is 124 g/mol. The van der Waals surface area contributed by atoms with Crippen LogP contribution in [0.15, 0.2) is 12.1 Å². The second-order valence-corrected chi connectivity index (χ2v) is 2.35. The van der Waals surface area contributed by atoms with Crippen molar-refractivity contribution in [1.29, 1.82) is 0 Å². The molecule has 1 heteroatoms. The second kappa shape index (κ2) is 2.74. The van der Waals surface area contributed by atoms with Gasteiger partial charge in [0.2, 0.25) is 0 Å². The van der Waals surface area contributed by atoms with Crippen molar-refractivity contribution in [3.8, 4) is 5.75 Å². The molecule has 0 amide bonds. The summed E-state index contributed by atoms with van der Waals surface area (Å²) >= 11 is 0. The predicted molar refractivity (Wildman–Crippen MR) is 41.3 cm³/mol. The van der Waals surface area contributed by atoms with Crippen molar-refractivity contribution in [1.82, 2.24) is 0 Å². The molecule has 1 nitrogen and oxygen atoms in total. The fourth-order valence-corrected chi connectivity index (χ4v) is 0.774. The summed E-state index contributed by atoms with van der Waals surface area (Å²) in [4.78, 5) is 0. The Balaban J connectivity index is 3.04. The van der Waals surface area contributed by atoms with Crippen LogP contribution in [0.1, 0.15) is 11.1 Å². The van der Waals surface area contributed by atoms with E-state index in [1.807, 2.05) is 26.0 Å². The lowest BCUT2D eigenvalue weighted by atomic mass is 10.1. The minimum absolute atomic E-state index is 0.878. The van der Waals surface area contributed by atoms with E-state index in [0.717, 1.165) is 5.75 Å². The Morgan fingerprint density at radius 1 is 1.40 bits per heavy atom. The molecule has 1 rings (SSSR count). The zero-order chi connectivity index (χ0) is 7.56. The molecule has 10 heavy (non-hydrogen) atoms. The summed E-state index contributed by atoms with van der Waals surface area (Å²) in [5.41, 5.74) is 2.40. The number of aryl methyl sites for hydroxylation is 2. The smallest absolute Gasteiger partial charge is 0.119 e. The lowest BCUT2D eigenvalue weighted by Gasteiger charge is -2.01. The van der Waals surface area contributed by atoms with Gasteiger partial charge in [0.15, 0.2) is 0 Å². The molecule has 1 radical (unpaired) electrons. The molecule has 0 aromatic heterocycles. The summed E-state index contributed by atoms with van der Waals surface area (Å²) in [5.74, 6) is 0.878. The highest BCUT2D eigenvalue weighted by Crippen LogP contribution is 2.14. The van der Waals surface area contributed by atoms with Crippen molar-refractivity contribution in [2.24, 2.45) is 0 Å². The zero-order valence-electron chi connectivity index (χ0n) is 6.56. The topological polar surface area (TPSA) is 9.23 Å². The molecule has 1 aromatic carbocycles. The molecule has 0 saturated heterocycles. The number of rotatable bonds is 1. The van der Waals surface area contributed by atoms with E-state index < -0.39 is 0 Å². The van der Waals surface area contributed by atoms with Crippen molar-refractivity contribution in [3.63, 3.8) is 0 Å². The van der Waals surface area contributed by atoms with Gasteiger partial charge in [0.25, 0.3) is 0 Å². The number of benzene rings is 1. The second-order valence-electron chi connectivity index (χ2n) is 2.35. The average molecular weight is 135 g/mol. The molecule has 0 spiro atoms. The Labute approximate surface area is 61.6 Å². The van der Waals surface area contributed by atoms with E-state index in [-0.39, 0.29) is 0 Å². The third-order valence-electron chi connectivity index (χ3n) is 1.62. The average Bonchev–Trinajstić information content (AvgIpc) is 1.95. The summed E-state index contributed by atoms with van der Waals surface area (Å²) in [6.45, 7) is 4.09. The van der Waals surface area contributed by atoms with Crippen molar-refractivity contribution < 1.29 is 4.74 Å². The first kappa shape index (κ1) is 7.13. The molecule has 1 aromatic rings. The first-order valence-corrected chi connectivity index (χ1v) is 3.27. The van der Waals surface area contributed by atoms with E-state index in [1.165, 1.54) is 11.1 Å². The number of methoxy groups -OCH3 is 1. The third kappa shape index (κ3) is 1.29. The molecule has 0 N–H and O–H groups in total. The lowest BCUT2D eigenvalue weighted by molar-refractivity contribution is 0.414. The molecular formula is C9H11O. The lowest BCUT2D eigenvalue weighted by Crippen LogP contribution is -1.85. The molecule has 0 aliphatic heterocycles. The van der Waals surface area contributed by atoms with Crippen molar-refractivity contribution in [2.45, 2.75) is 13.8 Å². The van der Waals surface area contributed by atoms with Gasteiger partial charge in [-0.25, -0.2) is 0 Å². The first-order chi connectivity index (χ1) is 4.74. The predicted octanol–water partition coefficient (Wildman–Crippen LogP) is 2.11. The molecule has 0 heterocycles. The minimum Gasteiger partial charge on any atom is -0.497 e. The van der Waals surface area contributed by atoms with Gasteiger partial charge in [0.1, 0.15) is 5.75 Å². The van der Waals surface area contributed by atoms with Crippen LogP contribution >= 0.6 is 0 Å². The summed E-state index contributed by atoms with van der Waals surface area (Å²) in [7, 11) is 1.66. The van der Waals surface area contributed by atoms with Crippen LogP contribution in [0.2, 0.25) is 0 Å². The standard InChI is InChI=1S/C9H11O/c1-7-4-5-9(10-3)6-8(7)2/h5-6H,1-3H3. The summed E-state index contributed by atoms with van der Waals surface area (Å²) in [6, 6.07) is 6.95. The van der Waals surface area contributed by atoms with Gasteiger partial charge in [0, 0.05) is 0 Å². The van der Waals surface area contributed by atoms with Crippen LogP contribution in [-0.4, -0.2) is 7.11 Å². The highest BCUT2D eigenvalue weighted by molar-refractivity contribution is 5.32. The largest absolute Gasteiger partial charge is 0.497 e. The van der Waals surface area contributed by atoms with E-state index >= 15 is 0 Å². The summed E-state index contributed by atoms with van der Waals surface area (Å²) in [6.07, 6.45) is 0. The molecule has 0 fully saturated rings. The maximum Gasteiger partial charge on any atom is 0.119 e. The maximum absolute atomic E-state index is 5.02. The van der Waals surface area contributed by atoms with E-state index in [4.69, 9.17) is 4.74 Å². The Morgan fingerprint density at radius 3 is 2.60 bits per heavy atom. The van der Waals surface area contributed by atoms with Crippen LogP contribution < -0.4 is 4.74 Å². The monoisotopic (exact) mass is 135 g/mol. The molecule has 0 saturated carbocycles. The Morgan fingerprint density at radius 2 is 2.10 bits per heavy atom. The van der Waals surface area contributed by atoms with Crippen LogP contribution in [0.4, 0.5) is 0 Å². The highest BCUT2D eigenvalue weighted by Gasteiger charge is 1.93. The highest BCUT2D eigenvalue weighted by atomic mass is 16.5. The summed E-state index contributed by atoms with van der Waals surface area (Å²) in [5, 5.41) is 0. The van der Waals surface area contributed by atoms with Crippen molar-refractivity contribution in [3.05, 3.63) is 29.3 Å². The minimum atomic E-state index is 0.878. The fraction of sp³-hybridized carbons (Fsp3) is 0.333. The van der Waals surface area contributed by atoms with Gasteiger partial charge in [-0.3, -0.25) is 0 Å². The summed E-state index contributed by atoms with van der Waals surface area (Å²) < 4.78 is 5.02. The van der Waals surface area contributed by atoms with Crippen LogP contribution in [0, 0.1) is 19.9 Å². The molecule has 0 aliphatic rings. The quantitative estimate of drug-likeness (QED) is 0.573. The van der Waals surface area contributed by atoms with Gasteiger partial charge >= 0.3 is 0 Å². The molecule has 0 atom stereocenters. The maximum atomic E-state index is 5.02. The molecule has 53 valence electrons. The number of hydrogen-bond acceptors (Lipinski definition) is 1. The number of hydrogen-bond donors (Lipinski definition) is 0. The Bertz CT molecular complexity index is 228. The Kier molecular flexibility index (Phi) is 1.95. The fourth-order valence-electron chi connectivity index (χ4n) is 0.774. The molecule has 0 unspecified atom stereocenters. The zero-order valence-corrected chi connectivity index (χ0v) is 6.56. The van der Waals surface area contributed by atoms with Crippen LogP contribution in [-0.2, 0) is 0 Å². The van der Waals surface area contributed by atoms with Crippen LogP contribution in [0.3, 0.4) is 0 Å². The number of ether oxygens (including phenoxy) is 1. The first-order valence-electron chi connectivity index (χ1n) is 3.27. The van der Waals surface area contributed by atoms with Crippen molar-refractivity contribution >= 4 is 0 Å². The van der Waals surface area contributed by atoms with Gasteiger partial charge < -0.3 is 4.74 Å². The van der Waals surface area contributed by atoms with Crippen LogP contribution in [0.25, 0.3) is 0 Å². The van der Waals surface area contributed by atoms with E-state index in [0.29, 0.717) is 0 Å². The van der Waals surface area contributed by atoms with Gasteiger partial charge in [-0.15, -0.1) is 0 Å². The van der Waals surface area contributed by atoms with E-state index in [9.17, 15) is 0 Å². The normalized spacial score (nSPS) is 9.50. The third-order valence-corrected chi connectivity index (χ3v) is 1.62. The molecule has 0 bridgehead atoms. The van der Waals surface area contributed by atoms with Crippen LogP contribution in [0.5, 0.6) is 5.75 Å². The SMILES string of the molecule is COc1c[c]c(C)c(C)c1. The van der Waals surface area contributed by atoms with Gasteiger partial charge in [-0.2, -0.15) is 0 Å². The van der Waals surface area contributed by atoms with E-state index in [2.05, 4.69) is 6.07 Å². The van der Waals surface area contributed by atoms with Crippen molar-refractivity contribution in [2.75, 3.05) is 7.11 Å². The van der Waals surface area contributed by atoms with Gasteiger partial charge in [-0.05, 0) is 43.2 Å². The van der Waals surface area contributed by atoms with Gasteiger partial charge in [0.05, 0.1) is 7.11 Å². The van der Waals surface area contributed by atoms with E-state index in [1.54, 1.807) is 7.11 Å². The van der Waals surface area contributed by atoms with Gasteiger partial charge in [-0.1, -0.05) is 0 Å². The molecule has 0 aliphatic carbocycles. The Hall–Kier alpha value is -0.980.